The van der Waals surface area contributed by atoms with Gasteiger partial charge in [0.15, 0.2) is 0 Å². The van der Waals surface area contributed by atoms with E-state index in [1.165, 1.54) is 28.0 Å². The second kappa shape index (κ2) is 4.85. The normalized spacial score (nSPS) is 18.1. The Balaban J connectivity index is 2.06. The molecular formula is C20H20O. The Hall–Kier alpha value is -1.86. The maximum Gasteiger partial charge on any atom is 0.0902 e. The second-order valence-corrected chi connectivity index (χ2v) is 6.28. The number of fused-ring (bicyclic) bond motifs is 3. The fourth-order valence-electron chi connectivity index (χ4n) is 3.85. The van der Waals surface area contributed by atoms with E-state index in [0.717, 1.165) is 31.2 Å². The van der Waals surface area contributed by atoms with E-state index in [4.69, 9.17) is 0 Å². The molecule has 1 heteroatoms. The van der Waals surface area contributed by atoms with Gasteiger partial charge in [0.1, 0.15) is 0 Å². The molecule has 106 valence electrons. The lowest BCUT2D eigenvalue weighted by Gasteiger charge is -2.34. The van der Waals surface area contributed by atoms with Crippen LogP contribution in [0, 0.1) is 0 Å². The molecule has 0 radical (unpaired) electrons. The molecule has 1 fully saturated rings. The van der Waals surface area contributed by atoms with Gasteiger partial charge in [0.05, 0.1) is 5.60 Å². The minimum Gasteiger partial charge on any atom is -0.385 e. The molecular weight excluding hydrogens is 256 g/mol. The van der Waals surface area contributed by atoms with Gasteiger partial charge in [-0.2, -0.15) is 0 Å². The first-order valence-corrected chi connectivity index (χ1v) is 7.91. The lowest BCUT2D eigenvalue weighted by molar-refractivity contribution is 0.000864. The molecule has 0 heterocycles. The summed E-state index contributed by atoms with van der Waals surface area (Å²) in [5.74, 6) is 0. The molecule has 3 aromatic carbocycles. The Kier molecular flexibility index (Phi) is 2.97. The minimum atomic E-state index is -0.651. The monoisotopic (exact) mass is 276 g/mol. The van der Waals surface area contributed by atoms with Crippen LogP contribution >= 0.6 is 0 Å². The topological polar surface area (TPSA) is 20.2 Å². The fraction of sp³-hybridized carbons (Fsp3) is 0.300. The Labute approximate surface area is 125 Å². The summed E-state index contributed by atoms with van der Waals surface area (Å²) in [6, 6.07) is 19.2. The SMILES string of the molecule is OC1(c2cc3ccccc3c3ccccc23)CCCCC1. The van der Waals surface area contributed by atoms with E-state index in [1.807, 2.05) is 0 Å². The molecule has 1 N–H and O–H groups in total. The predicted octanol–water partition coefficient (Wildman–Crippen LogP) is 5.14. The van der Waals surface area contributed by atoms with Crippen molar-refractivity contribution in [2.24, 2.45) is 0 Å². The number of aliphatic hydroxyl groups is 1. The molecule has 4 rings (SSSR count). The summed E-state index contributed by atoms with van der Waals surface area (Å²) in [7, 11) is 0. The van der Waals surface area contributed by atoms with Gasteiger partial charge in [-0.3, -0.25) is 0 Å². The van der Waals surface area contributed by atoms with E-state index in [0.29, 0.717) is 0 Å². The van der Waals surface area contributed by atoms with Crippen molar-refractivity contribution in [1.29, 1.82) is 0 Å². The molecule has 0 atom stereocenters. The summed E-state index contributed by atoms with van der Waals surface area (Å²) in [4.78, 5) is 0. The summed E-state index contributed by atoms with van der Waals surface area (Å²) in [6.07, 6.45) is 5.26. The molecule has 0 bridgehead atoms. The molecule has 0 aromatic heterocycles. The highest BCUT2D eigenvalue weighted by molar-refractivity contribution is 6.09. The predicted molar refractivity (Wildman–Crippen MR) is 88.4 cm³/mol. The molecule has 1 aliphatic rings. The molecule has 21 heavy (non-hydrogen) atoms. The van der Waals surface area contributed by atoms with Crippen LogP contribution in [0.5, 0.6) is 0 Å². The van der Waals surface area contributed by atoms with Crippen molar-refractivity contribution < 1.29 is 5.11 Å². The Morgan fingerprint density at radius 2 is 1.33 bits per heavy atom. The lowest BCUT2D eigenvalue weighted by atomic mass is 9.77. The van der Waals surface area contributed by atoms with Crippen molar-refractivity contribution in [1.82, 2.24) is 0 Å². The zero-order valence-corrected chi connectivity index (χ0v) is 12.2. The van der Waals surface area contributed by atoms with Gasteiger partial charge in [0, 0.05) is 0 Å². The van der Waals surface area contributed by atoms with Crippen LogP contribution in [0.25, 0.3) is 21.5 Å². The third-order valence-electron chi connectivity index (χ3n) is 4.95. The number of hydrogen-bond acceptors (Lipinski definition) is 1. The average molecular weight is 276 g/mol. The van der Waals surface area contributed by atoms with E-state index < -0.39 is 5.60 Å². The highest BCUT2D eigenvalue weighted by Gasteiger charge is 2.32. The van der Waals surface area contributed by atoms with Crippen molar-refractivity contribution in [3.63, 3.8) is 0 Å². The third kappa shape index (κ3) is 2.04. The van der Waals surface area contributed by atoms with Crippen molar-refractivity contribution in [2.45, 2.75) is 37.7 Å². The van der Waals surface area contributed by atoms with Gasteiger partial charge in [-0.25, -0.2) is 0 Å². The Morgan fingerprint density at radius 3 is 2.10 bits per heavy atom. The smallest absolute Gasteiger partial charge is 0.0902 e. The van der Waals surface area contributed by atoms with Crippen molar-refractivity contribution in [3.05, 3.63) is 60.2 Å². The van der Waals surface area contributed by atoms with E-state index in [9.17, 15) is 5.11 Å². The molecule has 1 saturated carbocycles. The molecule has 3 aromatic rings. The summed E-state index contributed by atoms with van der Waals surface area (Å²) >= 11 is 0. The molecule has 0 amide bonds. The summed E-state index contributed by atoms with van der Waals surface area (Å²) in [5, 5.41) is 16.2. The molecule has 1 nitrogen and oxygen atoms in total. The van der Waals surface area contributed by atoms with Gasteiger partial charge < -0.3 is 5.11 Å². The van der Waals surface area contributed by atoms with E-state index in [1.54, 1.807) is 0 Å². The van der Waals surface area contributed by atoms with Crippen LogP contribution in [0.4, 0.5) is 0 Å². The van der Waals surface area contributed by atoms with E-state index >= 15 is 0 Å². The Bertz CT molecular complexity index is 797. The largest absolute Gasteiger partial charge is 0.385 e. The fourth-order valence-corrected chi connectivity index (χ4v) is 3.85. The summed E-state index contributed by atoms with van der Waals surface area (Å²) in [5.41, 5.74) is 0.471. The minimum absolute atomic E-state index is 0.651. The maximum atomic E-state index is 11.2. The second-order valence-electron chi connectivity index (χ2n) is 6.28. The summed E-state index contributed by atoms with van der Waals surface area (Å²) < 4.78 is 0. The number of hydrogen-bond donors (Lipinski definition) is 1. The van der Waals surface area contributed by atoms with Gasteiger partial charge in [0.25, 0.3) is 0 Å². The van der Waals surface area contributed by atoms with Gasteiger partial charge in [-0.15, -0.1) is 0 Å². The van der Waals surface area contributed by atoms with Gasteiger partial charge in [-0.1, -0.05) is 67.8 Å². The van der Waals surface area contributed by atoms with Crippen LogP contribution in [0.3, 0.4) is 0 Å². The highest BCUT2D eigenvalue weighted by atomic mass is 16.3. The maximum absolute atomic E-state index is 11.2. The van der Waals surface area contributed by atoms with Gasteiger partial charge in [-0.05, 0) is 46.0 Å². The van der Waals surface area contributed by atoms with Crippen molar-refractivity contribution >= 4 is 21.5 Å². The van der Waals surface area contributed by atoms with Crippen molar-refractivity contribution in [2.75, 3.05) is 0 Å². The third-order valence-corrected chi connectivity index (χ3v) is 4.95. The first-order valence-electron chi connectivity index (χ1n) is 7.91. The first-order chi connectivity index (χ1) is 10.3. The van der Waals surface area contributed by atoms with Gasteiger partial charge >= 0.3 is 0 Å². The van der Waals surface area contributed by atoms with Crippen LogP contribution in [-0.2, 0) is 5.60 Å². The van der Waals surface area contributed by atoms with Crippen LogP contribution < -0.4 is 0 Å². The van der Waals surface area contributed by atoms with Crippen LogP contribution in [0.1, 0.15) is 37.7 Å². The lowest BCUT2D eigenvalue weighted by Crippen LogP contribution is -2.28. The van der Waals surface area contributed by atoms with Crippen LogP contribution in [0.2, 0.25) is 0 Å². The van der Waals surface area contributed by atoms with Crippen LogP contribution in [-0.4, -0.2) is 5.11 Å². The first kappa shape index (κ1) is 12.8. The summed E-state index contributed by atoms with van der Waals surface area (Å²) in [6.45, 7) is 0. The van der Waals surface area contributed by atoms with Crippen LogP contribution in [0.15, 0.2) is 54.6 Å². The number of benzene rings is 3. The highest BCUT2D eigenvalue weighted by Crippen LogP contribution is 2.42. The van der Waals surface area contributed by atoms with E-state index in [-0.39, 0.29) is 0 Å². The number of rotatable bonds is 1. The molecule has 1 aliphatic carbocycles. The standard InChI is InChI=1S/C20H20O/c21-20(12-6-1-7-13-20)19-14-15-8-2-3-9-16(15)17-10-4-5-11-18(17)19/h2-5,8-11,14,21H,1,6-7,12-13H2. The molecule has 0 aliphatic heterocycles. The quantitative estimate of drug-likeness (QED) is 0.610. The van der Waals surface area contributed by atoms with E-state index in [2.05, 4.69) is 54.6 Å². The molecule has 0 spiro atoms. The Morgan fingerprint density at radius 1 is 0.714 bits per heavy atom. The molecule has 0 unspecified atom stereocenters. The van der Waals surface area contributed by atoms with Crippen molar-refractivity contribution in [3.8, 4) is 0 Å². The average Bonchev–Trinajstić information content (AvgIpc) is 2.55. The zero-order chi connectivity index (χ0) is 14.3. The van der Waals surface area contributed by atoms with Gasteiger partial charge in [0.2, 0.25) is 0 Å². The molecule has 0 saturated heterocycles. The zero-order valence-electron chi connectivity index (χ0n) is 12.2.